The summed E-state index contributed by atoms with van der Waals surface area (Å²) in [6.45, 7) is 0. The van der Waals surface area contributed by atoms with Gasteiger partial charge < -0.3 is 2.85 Å². The molecule has 0 saturated heterocycles. The van der Waals surface area contributed by atoms with Crippen LogP contribution in [0.3, 0.4) is 0 Å². The Hall–Kier alpha value is 1.82. The van der Waals surface area contributed by atoms with Gasteiger partial charge >= 0.3 is 23.1 Å². The van der Waals surface area contributed by atoms with Crippen LogP contribution in [-0.4, -0.2) is 40.4 Å². The molecule has 0 aromatic heterocycles. The van der Waals surface area contributed by atoms with Gasteiger partial charge in [0.25, 0.3) is 0 Å². The van der Waals surface area contributed by atoms with Crippen molar-refractivity contribution in [2.24, 2.45) is 0 Å². The van der Waals surface area contributed by atoms with Crippen LogP contribution in [0, 0.1) is 0 Å². The summed E-state index contributed by atoms with van der Waals surface area (Å²) in [5.74, 6) is 0. The summed E-state index contributed by atoms with van der Waals surface area (Å²) in [5, 5.41) is 0. The molecule has 0 heterocycles. The monoisotopic (exact) mass is 128 g/mol. The zero-order valence-electron chi connectivity index (χ0n) is 3.06. The molecule has 3 heteroatoms. The van der Waals surface area contributed by atoms with E-state index in [4.69, 9.17) is 0 Å². The van der Waals surface area contributed by atoms with E-state index in [0.717, 1.165) is 0 Å². The summed E-state index contributed by atoms with van der Waals surface area (Å²) >= 11 is 0. The van der Waals surface area contributed by atoms with Crippen molar-refractivity contribution in [3.8, 4) is 0 Å². The molecular weight excluding hydrogens is 119 g/mol. The molecule has 0 atom stereocenters. The van der Waals surface area contributed by atoms with Crippen molar-refractivity contribution in [1.29, 1.82) is 0 Å². The Morgan fingerprint density at radius 3 is 1.25 bits per heavy atom. The largest absolute Gasteiger partial charge is 2.00 e. The van der Waals surface area contributed by atoms with Crippen LogP contribution in [0.4, 0.5) is 0 Å². The van der Waals surface area contributed by atoms with E-state index < -0.39 is 0 Å². The Morgan fingerprint density at radius 1 is 1.25 bits per heavy atom. The topological polar surface area (TPSA) is 0 Å². The summed E-state index contributed by atoms with van der Waals surface area (Å²) in [6.07, 6.45) is 0. The molecule has 26 valence electrons. The molecule has 0 fully saturated rings. The van der Waals surface area contributed by atoms with Gasteiger partial charge in [-0.3, -0.25) is 0 Å². The van der Waals surface area contributed by atoms with Crippen LogP contribution in [0.25, 0.3) is 0 Å². The second-order valence-electron chi connectivity index (χ2n) is 0. The predicted molar refractivity (Wildman–Crippen MR) is 24.6 cm³/mol. The van der Waals surface area contributed by atoms with Gasteiger partial charge in [-0.15, -0.1) is 0 Å². The van der Waals surface area contributed by atoms with Gasteiger partial charge in [0.1, 0.15) is 0 Å². The molecule has 0 saturated carbocycles. The standard InChI is InChI=1S/CH4.Al.Fe.Mg.5H/h1H4;;;;;;;;/q;;;+2;;;;2*-1. The minimum atomic E-state index is 0. The number of rotatable bonds is 0. The smallest absolute Gasteiger partial charge is 1.00 e. The van der Waals surface area contributed by atoms with Crippen molar-refractivity contribution in [2.45, 2.75) is 7.43 Å². The van der Waals surface area contributed by atoms with Gasteiger partial charge in [-0.2, -0.15) is 0 Å². The average Bonchev–Trinajstić information content (AvgIpc) is 0. The quantitative estimate of drug-likeness (QED) is 0.378. The van der Waals surface area contributed by atoms with Crippen molar-refractivity contribution >= 4 is 40.4 Å². The molecule has 0 aromatic carbocycles. The van der Waals surface area contributed by atoms with Crippen molar-refractivity contribution in [1.82, 2.24) is 0 Å². The summed E-state index contributed by atoms with van der Waals surface area (Å²) in [4.78, 5) is 0. The van der Waals surface area contributed by atoms with E-state index in [2.05, 4.69) is 0 Å². The van der Waals surface area contributed by atoms with E-state index in [9.17, 15) is 0 Å². The van der Waals surface area contributed by atoms with Gasteiger partial charge in [-0.25, -0.2) is 0 Å². The van der Waals surface area contributed by atoms with Gasteiger partial charge in [0.05, 0.1) is 0 Å². The SMILES string of the molecule is C.[AlH3].[Fe].[H-].[H-].[Mg+2]. The zero-order valence-corrected chi connectivity index (χ0v) is 3.58. The van der Waals surface area contributed by atoms with Gasteiger partial charge in [-0.1, -0.05) is 7.43 Å². The van der Waals surface area contributed by atoms with E-state index in [1.807, 2.05) is 0 Å². The first-order chi connectivity index (χ1) is 0. The van der Waals surface area contributed by atoms with Crippen LogP contribution in [-0.2, 0) is 17.1 Å². The molecule has 0 bridgehead atoms. The first-order valence-electron chi connectivity index (χ1n) is 0. The van der Waals surface area contributed by atoms with E-state index in [0.29, 0.717) is 0 Å². The van der Waals surface area contributed by atoms with Gasteiger partial charge in [-0.05, 0) is 0 Å². The Morgan fingerprint density at radius 2 is 1.25 bits per heavy atom. The fraction of sp³-hybridized carbons (Fsp3) is 1.00. The number of hydrogen-bond donors (Lipinski definition) is 0. The Bertz CT molecular complexity index is 13.5. The van der Waals surface area contributed by atoms with E-state index in [-0.39, 0.29) is 67.8 Å². The summed E-state index contributed by atoms with van der Waals surface area (Å²) in [6, 6.07) is 0. The molecule has 0 nitrogen and oxygen atoms in total. The molecule has 0 rings (SSSR count). The second-order valence-corrected chi connectivity index (χ2v) is 0. The minimum Gasteiger partial charge on any atom is -1.00 e. The molecule has 0 radical (unpaired) electrons. The van der Waals surface area contributed by atoms with Crippen molar-refractivity contribution in [3.63, 3.8) is 0 Å². The van der Waals surface area contributed by atoms with Crippen LogP contribution in [0.5, 0.6) is 0 Å². The third-order valence-corrected chi connectivity index (χ3v) is 0. The molecule has 0 aliphatic rings. The molecule has 0 spiro atoms. The third kappa shape index (κ3) is 9.17. The van der Waals surface area contributed by atoms with Gasteiger partial charge in [0, 0.05) is 17.1 Å². The third-order valence-electron chi connectivity index (χ3n) is 0. The molecule has 4 heavy (non-hydrogen) atoms. The Kier molecular flexibility index (Phi) is 217. The first kappa shape index (κ1) is 40.9. The summed E-state index contributed by atoms with van der Waals surface area (Å²) in [5.41, 5.74) is 0. The van der Waals surface area contributed by atoms with Crippen molar-refractivity contribution < 1.29 is 19.9 Å². The molecule has 0 N–H and O–H groups in total. The van der Waals surface area contributed by atoms with E-state index >= 15 is 0 Å². The molecule has 0 aromatic rings. The molecular formula is CH9AlFeMg. The maximum absolute atomic E-state index is 0. The van der Waals surface area contributed by atoms with Gasteiger partial charge in [0.15, 0.2) is 17.4 Å². The molecule has 0 unspecified atom stereocenters. The zero-order chi connectivity index (χ0) is 0. The second kappa shape index (κ2) is 21.2. The minimum absolute atomic E-state index is 0. The molecule has 0 aliphatic carbocycles. The van der Waals surface area contributed by atoms with Crippen LogP contribution >= 0.6 is 0 Å². The Balaban J connectivity index is 0. The van der Waals surface area contributed by atoms with Crippen LogP contribution < -0.4 is 0 Å². The average molecular weight is 128 g/mol. The van der Waals surface area contributed by atoms with E-state index in [1.165, 1.54) is 0 Å². The first-order valence-corrected chi connectivity index (χ1v) is 0. The van der Waals surface area contributed by atoms with Gasteiger partial charge in [0.2, 0.25) is 0 Å². The Labute approximate surface area is 67.4 Å². The molecule has 0 amide bonds. The van der Waals surface area contributed by atoms with Crippen molar-refractivity contribution in [2.75, 3.05) is 0 Å². The number of hydrogen-bond acceptors (Lipinski definition) is 0. The fourth-order valence-corrected chi connectivity index (χ4v) is 0. The molecule has 0 aliphatic heterocycles. The van der Waals surface area contributed by atoms with E-state index in [1.54, 1.807) is 0 Å². The summed E-state index contributed by atoms with van der Waals surface area (Å²) < 4.78 is 0. The van der Waals surface area contributed by atoms with Crippen molar-refractivity contribution in [3.05, 3.63) is 0 Å². The van der Waals surface area contributed by atoms with Crippen LogP contribution in [0.2, 0.25) is 0 Å². The predicted octanol–water partition coefficient (Wildman–Crippen LogP) is -0.706. The normalized spacial score (nSPS) is 0. The maximum Gasteiger partial charge on any atom is 2.00 e. The fourth-order valence-electron chi connectivity index (χ4n) is 0. The summed E-state index contributed by atoms with van der Waals surface area (Å²) in [7, 11) is 0. The van der Waals surface area contributed by atoms with Crippen LogP contribution in [0.15, 0.2) is 0 Å². The maximum atomic E-state index is 0. The van der Waals surface area contributed by atoms with Crippen LogP contribution in [0.1, 0.15) is 10.3 Å².